The standard InChI is InChI=1S/C13H21NO/c1-4-11(3)15-13(9-14)12-7-5-10(2)6-8-12/h5-8,11,13H,4,9,14H2,1-3H3. The maximum Gasteiger partial charge on any atom is 0.0950 e. The third kappa shape index (κ3) is 3.65. The van der Waals surface area contributed by atoms with Crippen LogP contribution in [0.5, 0.6) is 0 Å². The Balaban J connectivity index is 2.69. The molecular formula is C13H21NO. The van der Waals surface area contributed by atoms with Gasteiger partial charge in [-0.15, -0.1) is 0 Å². The number of rotatable bonds is 5. The lowest BCUT2D eigenvalue weighted by molar-refractivity contribution is -0.0000282. The molecule has 0 spiro atoms. The van der Waals surface area contributed by atoms with Crippen molar-refractivity contribution < 1.29 is 4.74 Å². The average Bonchev–Trinajstić information content (AvgIpc) is 2.27. The second-order valence-corrected chi connectivity index (χ2v) is 3.99. The number of hydrogen-bond acceptors (Lipinski definition) is 2. The lowest BCUT2D eigenvalue weighted by Gasteiger charge is -2.20. The molecule has 2 N–H and O–H groups in total. The van der Waals surface area contributed by atoms with Crippen LogP contribution in [0.2, 0.25) is 0 Å². The molecule has 84 valence electrons. The molecule has 2 unspecified atom stereocenters. The molecule has 1 aromatic carbocycles. The monoisotopic (exact) mass is 207 g/mol. The fraction of sp³-hybridized carbons (Fsp3) is 0.538. The van der Waals surface area contributed by atoms with Gasteiger partial charge in [0.25, 0.3) is 0 Å². The Bertz CT molecular complexity index is 281. The first-order chi connectivity index (χ1) is 7.17. The van der Waals surface area contributed by atoms with Crippen LogP contribution in [0.4, 0.5) is 0 Å². The van der Waals surface area contributed by atoms with Crippen LogP contribution in [-0.4, -0.2) is 12.6 Å². The van der Waals surface area contributed by atoms with Crippen molar-refractivity contribution in [2.75, 3.05) is 6.54 Å². The summed E-state index contributed by atoms with van der Waals surface area (Å²) in [5.41, 5.74) is 8.15. The van der Waals surface area contributed by atoms with Crippen LogP contribution in [0.1, 0.15) is 37.5 Å². The Labute approximate surface area is 92.4 Å². The van der Waals surface area contributed by atoms with Crippen molar-refractivity contribution >= 4 is 0 Å². The van der Waals surface area contributed by atoms with Gasteiger partial charge in [0.05, 0.1) is 12.2 Å². The van der Waals surface area contributed by atoms with Crippen LogP contribution >= 0.6 is 0 Å². The summed E-state index contributed by atoms with van der Waals surface area (Å²) in [6, 6.07) is 8.38. The van der Waals surface area contributed by atoms with E-state index in [0.29, 0.717) is 6.54 Å². The normalized spacial score (nSPS) is 14.9. The molecule has 2 heteroatoms. The zero-order valence-electron chi connectivity index (χ0n) is 9.86. The van der Waals surface area contributed by atoms with Crippen molar-refractivity contribution in [3.8, 4) is 0 Å². The van der Waals surface area contributed by atoms with Crippen LogP contribution in [0.15, 0.2) is 24.3 Å². The van der Waals surface area contributed by atoms with Crippen LogP contribution in [0.25, 0.3) is 0 Å². The van der Waals surface area contributed by atoms with Gasteiger partial charge in [0.15, 0.2) is 0 Å². The Hall–Kier alpha value is -0.860. The first kappa shape index (κ1) is 12.2. The van der Waals surface area contributed by atoms with Gasteiger partial charge < -0.3 is 10.5 Å². The molecule has 0 aliphatic heterocycles. The van der Waals surface area contributed by atoms with Crippen molar-refractivity contribution in [2.45, 2.75) is 39.4 Å². The Morgan fingerprint density at radius 3 is 2.33 bits per heavy atom. The third-order valence-electron chi connectivity index (χ3n) is 2.63. The number of benzene rings is 1. The summed E-state index contributed by atoms with van der Waals surface area (Å²) in [5, 5.41) is 0. The van der Waals surface area contributed by atoms with E-state index in [1.54, 1.807) is 0 Å². The predicted molar refractivity (Wildman–Crippen MR) is 63.8 cm³/mol. The van der Waals surface area contributed by atoms with E-state index in [1.165, 1.54) is 11.1 Å². The molecule has 1 rings (SSSR count). The minimum Gasteiger partial charge on any atom is -0.369 e. The summed E-state index contributed by atoms with van der Waals surface area (Å²) >= 11 is 0. The molecule has 15 heavy (non-hydrogen) atoms. The maximum absolute atomic E-state index is 5.85. The molecule has 2 atom stereocenters. The van der Waals surface area contributed by atoms with E-state index in [0.717, 1.165) is 6.42 Å². The number of nitrogens with two attached hydrogens (primary N) is 1. The molecule has 0 saturated heterocycles. The quantitative estimate of drug-likeness (QED) is 0.805. The van der Waals surface area contributed by atoms with Gasteiger partial charge >= 0.3 is 0 Å². The van der Waals surface area contributed by atoms with E-state index in [-0.39, 0.29) is 12.2 Å². The van der Waals surface area contributed by atoms with Gasteiger partial charge in [0.1, 0.15) is 0 Å². The van der Waals surface area contributed by atoms with Crippen molar-refractivity contribution in [3.63, 3.8) is 0 Å². The van der Waals surface area contributed by atoms with Crippen molar-refractivity contribution in [3.05, 3.63) is 35.4 Å². The topological polar surface area (TPSA) is 35.2 Å². The van der Waals surface area contributed by atoms with E-state index < -0.39 is 0 Å². The lowest BCUT2D eigenvalue weighted by Crippen LogP contribution is -2.20. The van der Waals surface area contributed by atoms with Gasteiger partial charge in [-0.1, -0.05) is 36.8 Å². The van der Waals surface area contributed by atoms with Crippen molar-refractivity contribution in [2.24, 2.45) is 5.73 Å². The molecule has 1 aromatic rings. The summed E-state index contributed by atoms with van der Waals surface area (Å²) in [5.74, 6) is 0. The molecule has 0 aliphatic carbocycles. The predicted octanol–water partition coefficient (Wildman–Crippen LogP) is 2.81. The van der Waals surface area contributed by atoms with E-state index in [1.807, 2.05) is 0 Å². The molecule has 0 fully saturated rings. The van der Waals surface area contributed by atoms with Crippen molar-refractivity contribution in [1.82, 2.24) is 0 Å². The highest BCUT2D eigenvalue weighted by molar-refractivity contribution is 5.23. The number of aryl methyl sites for hydroxylation is 1. The zero-order valence-corrected chi connectivity index (χ0v) is 9.86. The van der Waals surface area contributed by atoms with Crippen LogP contribution in [0.3, 0.4) is 0 Å². The fourth-order valence-electron chi connectivity index (χ4n) is 1.43. The smallest absolute Gasteiger partial charge is 0.0950 e. The summed E-state index contributed by atoms with van der Waals surface area (Å²) in [6.07, 6.45) is 1.31. The van der Waals surface area contributed by atoms with Gasteiger partial charge in [-0.05, 0) is 25.8 Å². The average molecular weight is 207 g/mol. The van der Waals surface area contributed by atoms with E-state index in [9.17, 15) is 0 Å². The van der Waals surface area contributed by atoms with Gasteiger partial charge in [0, 0.05) is 6.54 Å². The minimum absolute atomic E-state index is 0.0283. The molecule has 0 aromatic heterocycles. The van der Waals surface area contributed by atoms with Crippen molar-refractivity contribution in [1.29, 1.82) is 0 Å². The molecular weight excluding hydrogens is 186 g/mol. The zero-order chi connectivity index (χ0) is 11.3. The van der Waals surface area contributed by atoms with Gasteiger partial charge in [0.2, 0.25) is 0 Å². The Morgan fingerprint density at radius 1 is 1.27 bits per heavy atom. The summed E-state index contributed by atoms with van der Waals surface area (Å²) in [7, 11) is 0. The molecule has 0 aliphatic rings. The SMILES string of the molecule is CCC(C)OC(CN)c1ccc(C)cc1. The van der Waals surface area contributed by atoms with Gasteiger partial charge in [-0.2, -0.15) is 0 Å². The van der Waals surface area contributed by atoms with Crippen LogP contribution < -0.4 is 5.73 Å². The second kappa shape index (κ2) is 5.89. The number of ether oxygens (including phenoxy) is 1. The summed E-state index contributed by atoms with van der Waals surface area (Å²) < 4.78 is 5.85. The largest absolute Gasteiger partial charge is 0.369 e. The summed E-state index contributed by atoms with van der Waals surface area (Å²) in [4.78, 5) is 0. The van der Waals surface area contributed by atoms with Gasteiger partial charge in [-0.3, -0.25) is 0 Å². The van der Waals surface area contributed by atoms with Crippen LogP contribution in [0, 0.1) is 6.92 Å². The molecule has 0 saturated carbocycles. The molecule has 0 amide bonds. The highest BCUT2D eigenvalue weighted by Gasteiger charge is 2.12. The fourth-order valence-corrected chi connectivity index (χ4v) is 1.43. The molecule has 0 bridgehead atoms. The molecule has 2 nitrogen and oxygen atoms in total. The molecule has 0 radical (unpaired) electrons. The van der Waals surface area contributed by atoms with E-state index in [2.05, 4.69) is 45.0 Å². The number of hydrogen-bond donors (Lipinski definition) is 1. The Kier molecular flexibility index (Phi) is 4.79. The first-order valence-corrected chi connectivity index (χ1v) is 5.59. The van der Waals surface area contributed by atoms with E-state index in [4.69, 9.17) is 10.5 Å². The maximum atomic E-state index is 5.85. The summed E-state index contributed by atoms with van der Waals surface area (Å²) in [6.45, 7) is 6.81. The van der Waals surface area contributed by atoms with Crippen LogP contribution in [-0.2, 0) is 4.74 Å². The molecule has 0 heterocycles. The Morgan fingerprint density at radius 2 is 1.87 bits per heavy atom. The second-order valence-electron chi connectivity index (χ2n) is 3.99. The lowest BCUT2D eigenvalue weighted by atomic mass is 10.1. The highest BCUT2D eigenvalue weighted by atomic mass is 16.5. The highest BCUT2D eigenvalue weighted by Crippen LogP contribution is 2.19. The van der Waals surface area contributed by atoms with E-state index >= 15 is 0 Å². The van der Waals surface area contributed by atoms with Gasteiger partial charge in [-0.25, -0.2) is 0 Å². The minimum atomic E-state index is 0.0283. The first-order valence-electron chi connectivity index (χ1n) is 5.59. The third-order valence-corrected chi connectivity index (χ3v) is 2.63.